The van der Waals surface area contributed by atoms with Crippen molar-refractivity contribution in [1.29, 1.82) is 0 Å². The van der Waals surface area contributed by atoms with Crippen molar-refractivity contribution in [2.75, 3.05) is 53.6 Å². The summed E-state index contributed by atoms with van der Waals surface area (Å²) in [6.07, 6.45) is 0. The molecular formula is C29H36N2O4. The van der Waals surface area contributed by atoms with Crippen LogP contribution in [0.4, 0.5) is 0 Å². The number of nitrogens with one attached hydrogen (secondary N) is 1. The van der Waals surface area contributed by atoms with Crippen molar-refractivity contribution >= 4 is 0 Å². The second kappa shape index (κ2) is 12.6. The average molecular weight is 477 g/mol. The molecule has 1 aliphatic heterocycles. The average Bonchev–Trinajstić information content (AvgIpc) is 2.91. The number of rotatable bonds is 11. The molecule has 3 aromatic rings. The maximum Gasteiger partial charge on any atom is 0.130 e. The molecule has 0 aromatic heterocycles. The Morgan fingerprint density at radius 2 is 1.63 bits per heavy atom. The van der Waals surface area contributed by atoms with Gasteiger partial charge in [-0.15, -0.1) is 0 Å². The summed E-state index contributed by atoms with van der Waals surface area (Å²) in [6, 6.07) is 20.7. The van der Waals surface area contributed by atoms with E-state index in [1.165, 1.54) is 16.7 Å². The molecular weight excluding hydrogens is 440 g/mol. The van der Waals surface area contributed by atoms with E-state index < -0.39 is 0 Å². The first-order valence-electron chi connectivity index (χ1n) is 12.2. The molecule has 35 heavy (non-hydrogen) atoms. The zero-order chi connectivity index (χ0) is 24.5. The quantitative estimate of drug-likeness (QED) is 0.406. The third kappa shape index (κ3) is 6.54. The Hall–Kier alpha value is -3.06. The molecule has 0 saturated carbocycles. The van der Waals surface area contributed by atoms with E-state index in [1.54, 1.807) is 14.2 Å². The van der Waals surface area contributed by atoms with E-state index in [2.05, 4.69) is 59.6 Å². The second-order valence-electron chi connectivity index (χ2n) is 8.68. The van der Waals surface area contributed by atoms with E-state index in [4.69, 9.17) is 18.9 Å². The third-order valence-electron chi connectivity index (χ3n) is 6.52. The highest BCUT2D eigenvalue weighted by molar-refractivity contribution is 5.68. The van der Waals surface area contributed by atoms with Crippen molar-refractivity contribution in [3.8, 4) is 28.4 Å². The summed E-state index contributed by atoms with van der Waals surface area (Å²) in [4.78, 5) is 2.41. The van der Waals surface area contributed by atoms with Gasteiger partial charge in [0.05, 0.1) is 33.0 Å². The van der Waals surface area contributed by atoms with Crippen LogP contribution < -0.4 is 19.5 Å². The van der Waals surface area contributed by atoms with Crippen LogP contribution in [-0.4, -0.2) is 58.5 Å². The number of methoxy groups -OCH3 is 2. The maximum absolute atomic E-state index is 6.21. The van der Waals surface area contributed by atoms with Gasteiger partial charge in [-0.1, -0.05) is 48.5 Å². The lowest BCUT2D eigenvalue weighted by Crippen LogP contribution is -2.40. The Morgan fingerprint density at radius 1 is 0.914 bits per heavy atom. The number of nitrogens with zero attached hydrogens (tertiary/aromatic N) is 1. The Kier molecular flexibility index (Phi) is 9.01. The zero-order valence-electron chi connectivity index (χ0n) is 21.0. The molecule has 1 aliphatic rings. The lowest BCUT2D eigenvalue weighted by atomic mass is 9.97. The highest BCUT2D eigenvalue weighted by Gasteiger charge is 2.15. The van der Waals surface area contributed by atoms with Crippen LogP contribution in [0.5, 0.6) is 17.2 Å². The molecule has 6 nitrogen and oxygen atoms in total. The normalized spacial score (nSPS) is 14.0. The highest BCUT2D eigenvalue weighted by atomic mass is 16.5. The van der Waals surface area contributed by atoms with Crippen LogP contribution in [0.25, 0.3) is 11.1 Å². The van der Waals surface area contributed by atoms with Gasteiger partial charge in [0.1, 0.15) is 23.9 Å². The molecule has 0 amide bonds. The molecule has 0 spiro atoms. The Morgan fingerprint density at radius 3 is 2.31 bits per heavy atom. The topological polar surface area (TPSA) is 52.2 Å². The molecule has 1 heterocycles. The summed E-state index contributed by atoms with van der Waals surface area (Å²) in [5, 5.41) is 3.52. The van der Waals surface area contributed by atoms with Gasteiger partial charge in [-0.25, -0.2) is 0 Å². The summed E-state index contributed by atoms with van der Waals surface area (Å²) in [5.41, 5.74) is 5.80. The highest BCUT2D eigenvalue weighted by Crippen LogP contribution is 2.35. The van der Waals surface area contributed by atoms with Crippen LogP contribution in [0, 0.1) is 6.92 Å². The van der Waals surface area contributed by atoms with Gasteiger partial charge in [0.15, 0.2) is 0 Å². The Bertz CT molecular complexity index is 1060. The Balaban J connectivity index is 1.41. The largest absolute Gasteiger partial charge is 0.496 e. The third-order valence-corrected chi connectivity index (χ3v) is 6.52. The molecule has 3 aromatic carbocycles. The van der Waals surface area contributed by atoms with E-state index in [0.717, 1.165) is 67.8 Å². The smallest absolute Gasteiger partial charge is 0.130 e. The lowest BCUT2D eigenvalue weighted by Gasteiger charge is -2.26. The zero-order valence-corrected chi connectivity index (χ0v) is 21.0. The van der Waals surface area contributed by atoms with Gasteiger partial charge in [-0.3, -0.25) is 4.90 Å². The molecule has 6 heteroatoms. The first-order chi connectivity index (χ1) is 17.2. The summed E-state index contributed by atoms with van der Waals surface area (Å²) >= 11 is 0. The number of hydrogen-bond acceptors (Lipinski definition) is 6. The Labute approximate surface area is 208 Å². The van der Waals surface area contributed by atoms with Gasteiger partial charge in [-0.2, -0.15) is 0 Å². The lowest BCUT2D eigenvalue weighted by molar-refractivity contribution is 0.0384. The van der Waals surface area contributed by atoms with Crippen molar-refractivity contribution in [2.24, 2.45) is 0 Å². The van der Waals surface area contributed by atoms with Crippen molar-refractivity contribution < 1.29 is 18.9 Å². The minimum atomic E-state index is 0.468. The number of ether oxygens (including phenoxy) is 4. The summed E-state index contributed by atoms with van der Waals surface area (Å²) in [7, 11) is 3.37. The molecule has 1 fully saturated rings. The molecule has 4 rings (SSSR count). The van der Waals surface area contributed by atoms with E-state index in [0.29, 0.717) is 13.2 Å². The predicted octanol–water partition coefficient (Wildman–Crippen LogP) is 4.68. The standard InChI is InChI=1S/C29H36N2O4/c1-22-24(10-7-11-26(22)23-8-5-4-6-9-23)21-35-25-18-28(32-2)27(29(19-25)33-3)20-30-12-13-31-14-16-34-17-15-31/h4-11,18-19,30H,12-17,20-21H2,1-3H3. The molecule has 0 aliphatic carbocycles. The fourth-order valence-corrected chi connectivity index (χ4v) is 4.42. The molecule has 186 valence electrons. The van der Waals surface area contributed by atoms with Gasteiger partial charge in [0, 0.05) is 44.9 Å². The van der Waals surface area contributed by atoms with Crippen LogP contribution in [0.2, 0.25) is 0 Å². The molecule has 0 unspecified atom stereocenters. The monoisotopic (exact) mass is 476 g/mol. The van der Waals surface area contributed by atoms with Crippen LogP contribution in [0.3, 0.4) is 0 Å². The van der Waals surface area contributed by atoms with E-state index >= 15 is 0 Å². The van der Waals surface area contributed by atoms with Gasteiger partial charge in [0.2, 0.25) is 0 Å². The summed E-state index contributed by atoms with van der Waals surface area (Å²) in [5.74, 6) is 2.24. The first-order valence-corrected chi connectivity index (χ1v) is 12.2. The van der Waals surface area contributed by atoms with Crippen molar-refractivity contribution in [1.82, 2.24) is 10.2 Å². The SMILES string of the molecule is COc1cc(OCc2cccc(-c3ccccc3)c2C)cc(OC)c1CNCCN1CCOCC1. The molecule has 0 atom stereocenters. The van der Waals surface area contributed by atoms with Crippen LogP contribution in [0.15, 0.2) is 60.7 Å². The van der Waals surface area contributed by atoms with Crippen molar-refractivity contribution in [3.05, 3.63) is 77.4 Å². The number of morpholine rings is 1. The van der Waals surface area contributed by atoms with E-state index in [-0.39, 0.29) is 0 Å². The summed E-state index contributed by atoms with van der Waals surface area (Å²) < 4.78 is 23.0. The van der Waals surface area contributed by atoms with Crippen LogP contribution >= 0.6 is 0 Å². The maximum atomic E-state index is 6.21. The number of hydrogen-bond donors (Lipinski definition) is 1. The van der Waals surface area contributed by atoms with Crippen LogP contribution in [-0.2, 0) is 17.9 Å². The molecule has 1 saturated heterocycles. The first kappa shape index (κ1) is 25.0. The van der Waals surface area contributed by atoms with E-state index in [9.17, 15) is 0 Å². The van der Waals surface area contributed by atoms with Crippen molar-refractivity contribution in [2.45, 2.75) is 20.1 Å². The number of benzene rings is 3. The second-order valence-corrected chi connectivity index (χ2v) is 8.68. The van der Waals surface area contributed by atoms with E-state index in [1.807, 2.05) is 18.2 Å². The molecule has 0 radical (unpaired) electrons. The predicted molar refractivity (Wildman–Crippen MR) is 139 cm³/mol. The fourth-order valence-electron chi connectivity index (χ4n) is 4.42. The van der Waals surface area contributed by atoms with Crippen LogP contribution in [0.1, 0.15) is 16.7 Å². The summed E-state index contributed by atoms with van der Waals surface area (Å²) in [6.45, 7) is 8.79. The minimum Gasteiger partial charge on any atom is -0.496 e. The van der Waals surface area contributed by atoms with Gasteiger partial charge in [0.25, 0.3) is 0 Å². The van der Waals surface area contributed by atoms with Crippen molar-refractivity contribution in [3.63, 3.8) is 0 Å². The van der Waals surface area contributed by atoms with Gasteiger partial charge in [-0.05, 0) is 29.2 Å². The molecule has 0 bridgehead atoms. The molecule has 1 N–H and O–H groups in total. The minimum absolute atomic E-state index is 0.468. The van der Waals surface area contributed by atoms with Gasteiger partial charge < -0.3 is 24.3 Å². The van der Waals surface area contributed by atoms with Gasteiger partial charge >= 0.3 is 0 Å². The fraction of sp³-hybridized carbons (Fsp3) is 0.379.